The van der Waals surface area contributed by atoms with Crippen LogP contribution in [0.1, 0.15) is 26.2 Å². The van der Waals surface area contributed by atoms with Gasteiger partial charge < -0.3 is 10.9 Å². The van der Waals surface area contributed by atoms with Gasteiger partial charge in [-0.1, -0.05) is 12.1 Å². The molecule has 0 saturated carbocycles. The van der Waals surface area contributed by atoms with Crippen molar-refractivity contribution in [2.24, 2.45) is 10.9 Å². The third-order valence-corrected chi connectivity index (χ3v) is 4.56. The molecule has 0 aromatic heterocycles. The molecule has 8 heteroatoms. The van der Waals surface area contributed by atoms with Crippen LogP contribution in [0.5, 0.6) is 0 Å². The second-order valence-corrected chi connectivity index (χ2v) is 6.45. The van der Waals surface area contributed by atoms with Crippen LogP contribution in [0.2, 0.25) is 0 Å². The summed E-state index contributed by atoms with van der Waals surface area (Å²) in [5.41, 5.74) is 5.43. The van der Waals surface area contributed by atoms with Crippen LogP contribution in [-0.4, -0.2) is 55.8 Å². The smallest absolute Gasteiger partial charge is 0.211 e. The second kappa shape index (κ2) is 6.91. The molecule has 0 atom stereocenters. The minimum Gasteiger partial charge on any atom is -0.409 e. The molecule has 1 saturated heterocycles. The Labute approximate surface area is 108 Å². The number of likely N-dealkylation sites (tertiary alicyclic amines) is 1. The van der Waals surface area contributed by atoms with E-state index >= 15 is 0 Å². The van der Waals surface area contributed by atoms with E-state index in [1.165, 1.54) is 0 Å². The lowest BCUT2D eigenvalue weighted by Gasteiger charge is -2.31. The monoisotopic (exact) mass is 278 g/mol. The summed E-state index contributed by atoms with van der Waals surface area (Å²) >= 11 is 0. The first kappa shape index (κ1) is 15.2. The fourth-order valence-electron chi connectivity index (χ4n) is 2.05. The number of piperidine rings is 1. The van der Waals surface area contributed by atoms with Gasteiger partial charge in [0.1, 0.15) is 0 Å². The summed E-state index contributed by atoms with van der Waals surface area (Å²) in [6.45, 7) is 3.76. The minimum absolute atomic E-state index is 0.00471. The number of hydrogen-bond acceptors (Lipinski definition) is 5. The summed E-state index contributed by atoms with van der Waals surface area (Å²) in [4.78, 5) is 2.04. The van der Waals surface area contributed by atoms with Gasteiger partial charge in [0.25, 0.3) is 0 Å². The summed E-state index contributed by atoms with van der Waals surface area (Å²) in [7, 11) is -3.13. The fourth-order valence-corrected chi connectivity index (χ4v) is 3.45. The van der Waals surface area contributed by atoms with E-state index in [1.807, 2.05) is 11.8 Å². The first-order valence-electron chi connectivity index (χ1n) is 6.15. The van der Waals surface area contributed by atoms with Crippen LogP contribution < -0.4 is 10.5 Å². The summed E-state index contributed by atoms with van der Waals surface area (Å²) in [6.07, 6.45) is 2.13. The molecule has 1 aliphatic heterocycles. The number of nitrogens with zero attached hydrogens (tertiary/aromatic N) is 2. The Bertz CT molecular complexity index is 375. The van der Waals surface area contributed by atoms with Crippen molar-refractivity contribution in [3.05, 3.63) is 0 Å². The Balaban J connectivity index is 2.36. The Kier molecular flexibility index (Phi) is 5.83. The lowest BCUT2D eigenvalue weighted by Crippen LogP contribution is -2.47. The second-order valence-electron chi connectivity index (χ2n) is 4.58. The zero-order valence-electron chi connectivity index (χ0n) is 10.7. The van der Waals surface area contributed by atoms with Crippen molar-refractivity contribution in [2.45, 2.75) is 32.2 Å². The number of oxime groups is 1. The number of sulfonamides is 1. The van der Waals surface area contributed by atoms with Crippen molar-refractivity contribution >= 4 is 15.9 Å². The van der Waals surface area contributed by atoms with Gasteiger partial charge in [-0.15, -0.1) is 0 Å². The standard InChI is InChI=1S/C10H22N4O3S/c1-2-7-18(16,17)13-9-3-5-14(6-4-9)8-10(11)12-15/h9,13,15H,2-8H2,1H3,(H2,11,12). The van der Waals surface area contributed by atoms with Crippen LogP contribution in [-0.2, 0) is 10.0 Å². The molecule has 106 valence electrons. The molecular weight excluding hydrogens is 256 g/mol. The molecule has 0 spiro atoms. The van der Waals surface area contributed by atoms with E-state index in [1.54, 1.807) is 0 Å². The number of nitrogens with one attached hydrogen (secondary N) is 1. The zero-order chi connectivity index (χ0) is 13.6. The molecule has 18 heavy (non-hydrogen) atoms. The maximum atomic E-state index is 11.6. The predicted octanol–water partition coefficient (Wildman–Crippen LogP) is -0.473. The first-order chi connectivity index (χ1) is 8.46. The SMILES string of the molecule is CCCS(=O)(=O)NC1CCN(CC(N)=NO)CC1. The molecule has 0 unspecified atom stereocenters. The summed E-state index contributed by atoms with van der Waals surface area (Å²) in [6, 6.07) is 0.00471. The molecule has 1 rings (SSSR count). The van der Waals surface area contributed by atoms with Crippen molar-refractivity contribution in [3.8, 4) is 0 Å². The molecule has 7 nitrogen and oxygen atoms in total. The van der Waals surface area contributed by atoms with E-state index in [2.05, 4.69) is 9.88 Å². The van der Waals surface area contributed by atoms with Crippen molar-refractivity contribution in [1.29, 1.82) is 0 Å². The average Bonchev–Trinajstić information content (AvgIpc) is 2.31. The minimum atomic E-state index is -3.13. The van der Waals surface area contributed by atoms with Gasteiger partial charge in [-0.2, -0.15) is 0 Å². The highest BCUT2D eigenvalue weighted by Crippen LogP contribution is 2.11. The Morgan fingerprint density at radius 1 is 1.50 bits per heavy atom. The number of rotatable bonds is 6. The topological polar surface area (TPSA) is 108 Å². The van der Waals surface area contributed by atoms with Crippen molar-refractivity contribution in [1.82, 2.24) is 9.62 Å². The number of hydrogen-bond donors (Lipinski definition) is 3. The van der Waals surface area contributed by atoms with Crippen LogP contribution in [0.4, 0.5) is 0 Å². The Morgan fingerprint density at radius 3 is 2.61 bits per heavy atom. The molecular formula is C10H22N4O3S. The molecule has 0 aliphatic carbocycles. The lowest BCUT2D eigenvalue weighted by atomic mass is 10.1. The molecule has 0 radical (unpaired) electrons. The average molecular weight is 278 g/mol. The Morgan fingerprint density at radius 2 is 2.11 bits per heavy atom. The molecule has 4 N–H and O–H groups in total. The predicted molar refractivity (Wildman–Crippen MR) is 70.1 cm³/mol. The van der Waals surface area contributed by atoms with E-state index in [9.17, 15) is 8.42 Å². The van der Waals surface area contributed by atoms with E-state index in [0.29, 0.717) is 13.0 Å². The summed E-state index contributed by atoms with van der Waals surface area (Å²) < 4.78 is 25.9. The molecule has 1 heterocycles. The van der Waals surface area contributed by atoms with Crippen LogP contribution in [0, 0.1) is 0 Å². The fraction of sp³-hybridized carbons (Fsp3) is 0.900. The largest absolute Gasteiger partial charge is 0.409 e. The summed E-state index contributed by atoms with van der Waals surface area (Å²) in [5.74, 6) is 0.358. The maximum Gasteiger partial charge on any atom is 0.211 e. The van der Waals surface area contributed by atoms with Gasteiger partial charge >= 0.3 is 0 Å². The van der Waals surface area contributed by atoms with Crippen molar-refractivity contribution < 1.29 is 13.6 Å². The van der Waals surface area contributed by atoms with Crippen LogP contribution >= 0.6 is 0 Å². The van der Waals surface area contributed by atoms with Gasteiger partial charge in [0.15, 0.2) is 5.84 Å². The molecule has 0 bridgehead atoms. The third-order valence-electron chi connectivity index (χ3n) is 2.92. The van der Waals surface area contributed by atoms with Crippen LogP contribution in [0.25, 0.3) is 0 Å². The first-order valence-corrected chi connectivity index (χ1v) is 7.81. The Hall–Kier alpha value is -0.860. The molecule has 1 aliphatic rings. The molecule has 0 aromatic rings. The van der Waals surface area contributed by atoms with Gasteiger partial charge in [-0.3, -0.25) is 4.90 Å². The zero-order valence-corrected chi connectivity index (χ0v) is 11.5. The molecule has 0 amide bonds. The number of amidine groups is 1. The van der Waals surface area contributed by atoms with E-state index < -0.39 is 10.0 Å². The van der Waals surface area contributed by atoms with E-state index in [-0.39, 0.29) is 17.6 Å². The lowest BCUT2D eigenvalue weighted by molar-refractivity contribution is 0.228. The van der Waals surface area contributed by atoms with Gasteiger partial charge in [0, 0.05) is 19.1 Å². The third kappa shape index (κ3) is 5.19. The van der Waals surface area contributed by atoms with Crippen LogP contribution in [0.15, 0.2) is 5.16 Å². The van der Waals surface area contributed by atoms with Gasteiger partial charge in [-0.05, 0) is 19.3 Å². The molecule has 1 fully saturated rings. The van der Waals surface area contributed by atoms with Gasteiger partial charge in [0.2, 0.25) is 10.0 Å². The maximum absolute atomic E-state index is 11.6. The van der Waals surface area contributed by atoms with Crippen LogP contribution in [0.3, 0.4) is 0 Å². The van der Waals surface area contributed by atoms with E-state index in [0.717, 1.165) is 25.9 Å². The van der Waals surface area contributed by atoms with Gasteiger partial charge in [0.05, 0.1) is 12.3 Å². The molecule has 0 aromatic carbocycles. The van der Waals surface area contributed by atoms with E-state index in [4.69, 9.17) is 10.9 Å². The highest BCUT2D eigenvalue weighted by Gasteiger charge is 2.23. The quantitative estimate of drug-likeness (QED) is 0.263. The van der Waals surface area contributed by atoms with Gasteiger partial charge in [-0.25, -0.2) is 13.1 Å². The highest BCUT2D eigenvalue weighted by atomic mass is 32.2. The highest BCUT2D eigenvalue weighted by molar-refractivity contribution is 7.89. The normalized spacial score (nSPS) is 20.2. The van der Waals surface area contributed by atoms with Crippen molar-refractivity contribution in [3.63, 3.8) is 0 Å². The van der Waals surface area contributed by atoms with Crippen molar-refractivity contribution in [2.75, 3.05) is 25.4 Å². The summed E-state index contributed by atoms with van der Waals surface area (Å²) in [5, 5.41) is 11.4. The number of nitrogens with two attached hydrogens (primary N) is 1.